The van der Waals surface area contributed by atoms with Crippen LogP contribution in [0.2, 0.25) is 0 Å². The molecule has 1 N–H and O–H groups in total. The first-order valence-corrected chi connectivity index (χ1v) is 11.9. The van der Waals surface area contributed by atoms with Gasteiger partial charge in [0.15, 0.2) is 0 Å². The van der Waals surface area contributed by atoms with E-state index < -0.39 is 0 Å². The van der Waals surface area contributed by atoms with Crippen molar-refractivity contribution in [1.29, 1.82) is 0 Å². The third-order valence-corrected chi connectivity index (χ3v) is 6.78. The number of nitrogens with zero attached hydrogens (tertiary/aromatic N) is 2. The summed E-state index contributed by atoms with van der Waals surface area (Å²) in [6.45, 7) is 4.89. The van der Waals surface area contributed by atoms with Crippen LogP contribution >= 0.6 is 0 Å². The van der Waals surface area contributed by atoms with Crippen LogP contribution in [0.1, 0.15) is 43.5 Å². The Morgan fingerprint density at radius 2 is 1.91 bits per heavy atom. The van der Waals surface area contributed by atoms with Crippen molar-refractivity contribution in [2.24, 2.45) is 11.8 Å². The second-order valence-corrected chi connectivity index (χ2v) is 9.40. The fourth-order valence-electron chi connectivity index (χ4n) is 4.32. The number of benzene rings is 1. The maximum atomic E-state index is 13.4. The smallest absolute Gasteiger partial charge is 0.257 e. The van der Waals surface area contributed by atoms with E-state index in [1.807, 2.05) is 13.8 Å². The van der Waals surface area contributed by atoms with E-state index in [-0.39, 0.29) is 54.9 Å². The first-order valence-electron chi connectivity index (χ1n) is 11.9. The van der Waals surface area contributed by atoms with Crippen molar-refractivity contribution in [3.05, 3.63) is 23.8 Å². The van der Waals surface area contributed by atoms with Gasteiger partial charge < -0.3 is 29.3 Å². The van der Waals surface area contributed by atoms with Gasteiger partial charge in [-0.25, -0.2) is 0 Å². The van der Waals surface area contributed by atoms with Crippen molar-refractivity contribution in [3.63, 3.8) is 0 Å². The summed E-state index contributed by atoms with van der Waals surface area (Å²) in [6.07, 6.45) is 2.59. The molecule has 0 aromatic heterocycles. The van der Waals surface area contributed by atoms with Crippen molar-refractivity contribution in [3.8, 4) is 5.75 Å². The number of hydrogen-bond donors (Lipinski definition) is 1. The zero-order valence-electron chi connectivity index (χ0n) is 20.8. The van der Waals surface area contributed by atoms with Gasteiger partial charge in [-0.15, -0.1) is 0 Å². The summed E-state index contributed by atoms with van der Waals surface area (Å²) in [5.41, 5.74) is 0.925. The highest BCUT2D eigenvalue weighted by molar-refractivity contribution is 6.00. The zero-order valence-corrected chi connectivity index (χ0v) is 20.8. The lowest BCUT2D eigenvalue weighted by Crippen LogP contribution is -2.49. The fourth-order valence-corrected chi connectivity index (χ4v) is 4.32. The number of likely N-dealkylation sites (N-methyl/N-ethyl adjacent to an activating group) is 1. The highest BCUT2D eigenvalue weighted by Gasteiger charge is 2.31. The summed E-state index contributed by atoms with van der Waals surface area (Å²) >= 11 is 0. The SMILES string of the molecule is COCC(=O)N1C[C@H](C)[C@@H](OC)CN(C)C(=O)c2cc(NC(=O)C3CCC3)ccc2OC[C@H]1C. The number of fused-ring (bicyclic) bond motifs is 1. The Labute approximate surface area is 201 Å². The maximum absolute atomic E-state index is 13.4. The van der Waals surface area contributed by atoms with Crippen LogP contribution in [-0.2, 0) is 19.1 Å². The second-order valence-electron chi connectivity index (χ2n) is 9.40. The lowest BCUT2D eigenvalue weighted by molar-refractivity contribution is -0.139. The average molecular weight is 476 g/mol. The summed E-state index contributed by atoms with van der Waals surface area (Å²) in [5, 5.41) is 2.93. The Hall–Kier alpha value is -2.65. The molecule has 0 spiro atoms. The number of rotatable bonds is 5. The molecule has 1 heterocycles. The predicted octanol–water partition coefficient (Wildman–Crippen LogP) is 2.40. The molecule has 1 aromatic rings. The monoisotopic (exact) mass is 475 g/mol. The van der Waals surface area contributed by atoms with E-state index in [9.17, 15) is 14.4 Å². The third kappa shape index (κ3) is 6.07. The average Bonchev–Trinajstić information content (AvgIpc) is 2.77. The molecule has 3 amide bonds. The first-order chi connectivity index (χ1) is 16.2. The van der Waals surface area contributed by atoms with Crippen LogP contribution < -0.4 is 10.1 Å². The van der Waals surface area contributed by atoms with E-state index in [1.54, 1.807) is 42.2 Å². The summed E-state index contributed by atoms with van der Waals surface area (Å²) < 4.78 is 16.8. The Bertz CT molecular complexity index is 887. The van der Waals surface area contributed by atoms with Crippen molar-refractivity contribution < 1.29 is 28.6 Å². The van der Waals surface area contributed by atoms with Gasteiger partial charge in [0.25, 0.3) is 5.91 Å². The number of nitrogens with one attached hydrogen (secondary N) is 1. The minimum atomic E-state index is -0.274. The van der Waals surface area contributed by atoms with Gasteiger partial charge in [-0.1, -0.05) is 13.3 Å². The molecule has 1 saturated carbocycles. The fraction of sp³-hybridized carbons (Fsp3) is 0.640. The highest BCUT2D eigenvalue weighted by Crippen LogP contribution is 2.30. The van der Waals surface area contributed by atoms with Crippen molar-refractivity contribution in [2.75, 3.05) is 52.9 Å². The molecular weight excluding hydrogens is 438 g/mol. The molecule has 0 radical (unpaired) electrons. The van der Waals surface area contributed by atoms with Gasteiger partial charge in [-0.05, 0) is 38.0 Å². The van der Waals surface area contributed by atoms with Gasteiger partial charge >= 0.3 is 0 Å². The van der Waals surface area contributed by atoms with Crippen LogP contribution in [0.3, 0.4) is 0 Å². The normalized spacial score (nSPS) is 24.3. The van der Waals surface area contributed by atoms with Crippen LogP contribution in [0.25, 0.3) is 0 Å². The molecular formula is C25H37N3O6. The quantitative estimate of drug-likeness (QED) is 0.703. The number of methoxy groups -OCH3 is 2. The minimum absolute atomic E-state index is 0.0183. The molecule has 1 aliphatic heterocycles. The lowest BCUT2D eigenvalue weighted by Gasteiger charge is -2.36. The van der Waals surface area contributed by atoms with Crippen molar-refractivity contribution in [1.82, 2.24) is 9.80 Å². The summed E-state index contributed by atoms with van der Waals surface area (Å²) in [6, 6.07) is 4.86. The van der Waals surface area contributed by atoms with Gasteiger partial charge in [-0.3, -0.25) is 14.4 Å². The number of ether oxygens (including phenoxy) is 3. The highest BCUT2D eigenvalue weighted by atomic mass is 16.5. The van der Waals surface area contributed by atoms with Crippen LogP contribution in [0.15, 0.2) is 18.2 Å². The molecule has 9 nitrogen and oxygen atoms in total. The number of anilines is 1. The van der Waals surface area contributed by atoms with Crippen LogP contribution in [0.4, 0.5) is 5.69 Å². The van der Waals surface area contributed by atoms with Crippen LogP contribution in [0.5, 0.6) is 5.75 Å². The Kier molecular flexibility index (Phi) is 8.90. The minimum Gasteiger partial charge on any atom is -0.491 e. The molecule has 1 aromatic carbocycles. The van der Waals surface area contributed by atoms with Crippen LogP contribution in [-0.4, -0.2) is 87.2 Å². The van der Waals surface area contributed by atoms with Gasteiger partial charge in [0.1, 0.15) is 19.0 Å². The van der Waals surface area contributed by atoms with E-state index in [1.165, 1.54) is 7.11 Å². The Morgan fingerprint density at radius 1 is 1.18 bits per heavy atom. The Balaban J connectivity index is 1.91. The molecule has 188 valence electrons. The molecule has 9 heteroatoms. The predicted molar refractivity (Wildman–Crippen MR) is 128 cm³/mol. The van der Waals surface area contributed by atoms with Gasteiger partial charge in [-0.2, -0.15) is 0 Å². The number of carbonyl (C=O) groups is 3. The molecule has 3 atom stereocenters. The van der Waals surface area contributed by atoms with E-state index in [0.717, 1.165) is 19.3 Å². The molecule has 1 aliphatic carbocycles. The van der Waals surface area contributed by atoms with Crippen molar-refractivity contribution in [2.45, 2.75) is 45.3 Å². The van der Waals surface area contributed by atoms with E-state index in [2.05, 4.69) is 5.32 Å². The third-order valence-electron chi connectivity index (χ3n) is 6.78. The number of hydrogen-bond acceptors (Lipinski definition) is 6. The van der Waals surface area contributed by atoms with E-state index >= 15 is 0 Å². The zero-order chi connectivity index (χ0) is 24.8. The first kappa shape index (κ1) is 26.0. The standard InChI is InChI=1S/C25H37N3O6/c1-16-12-28(23(29)15-32-4)17(2)14-34-21-10-9-19(26-24(30)18-7-6-8-18)11-20(21)25(31)27(3)13-22(16)33-5/h9-11,16-18,22H,6-8,12-15H2,1-5H3,(H,26,30)/t16-,17+,22-/m0/s1. The van der Waals surface area contributed by atoms with Crippen LogP contribution in [0, 0.1) is 11.8 Å². The van der Waals surface area contributed by atoms with Gasteiger partial charge in [0.2, 0.25) is 11.8 Å². The van der Waals surface area contributed by atoms with Crippen molar-refractivity contribution >= 4 is 23.4 Å². The topological polar surface area (TPSA) is 97.4 Å². The molecule has 34 heavy (non-hydrogen) atoms. The molecule has 2 aliphatic rings. The second kappa shape index (κ2) is 11.7. The molecule has 3 rings (SSSR count). The van der Waals surface area contributed by atoms with E-state index in [0.29, 0.717) is 30.1 Å². The lowest BCUT2D eigenvalue weighted by atomic mass is 9.85. The summed E-state index contributed by atoms with van der Waals surface area (Å²) in [7, 11) is 4.82. The number of carbonyl (C=O) groups excluding carboxylic acids is 3. The molecule has 1 fully saturated rings. The molecule has 0 unspecified atom stereocenters. The van der Waals surface area contributed by atoms with Gasteiger partial charge in [0.05, 0.1) is 17.7 Å². The largest absolute Gasteiger partial charge is 0.491 e. The molecule has 0 bridgehead atoms. The summed E-state index contributed by atoms with van der Waals surface area (Å²) in [5.74, 6) is 0.0504. The van der Waals surface area contributed by atoms with E-state index in [4.69, 9.17) is 14.2 Å². The Morgan fingerprint density at radius 3 is 2.53 bits per heavy atom. The van der Waals surface area contributed by atoms with Gasteiger partial charge in [0, 0.05) is 51.9 Å². The molecule has 0 saturated heterocycles. The maximum Gasteiger partial charge on any atom is 0.257 e. The summed E-state index contributed by atoms with van der Waals surface area (Å²) in [4.78, 5) is 41.9. The number of amides is 3.